The van der Waals surface area contributed by atoms with Crippen LogP contribution in [0.1, 0.15) is 0 Å². The van der Waals surface area contributed by atoms with Gasteiger partial charge in [-0.05, 0) is 12.1 Å². The molecule has 1 atom stereocenters. The van der Waals surface area contributed by atoms with Gasteiger partial charge in [0, 0.05) is 5.22 Å². The molecule has 2 rings (SSSR count). The van der Waals surface area contributed by atoms with Crippen molar-refractivity contribution in [3.05, 3.63) is 33.8 Å². The van der Waals surface area contributed by atoms with Crippen LogP contribution in [0, 0.1) is 0 Å². The number of hydrogen-bond donors (Lipinski definition) is 1. The van der Waals surface area contributed by atoms with Crippen molar-refractivity contribution in [2.45, 2.75) is 6.04 Å². The SMILES string of the molecule is O=C(O)C1N=c2c(Cl)cccc2=CC1=O. The van der Waals surface area contributed by atoms with E-state index in [2.05, 4.69) is 4.99 Å². The molecule has 0 amide bonds. The Hall–Kier alpha value is -1.68. The predicted molar refractivity (Wildman–Crippen MR) is 53.1 cm³/mol. The summed E-state index contributed by atoms with van der Waals surface area (Å²) < 4.78 is 0. The van der Waals surface area contributed by atoms with Gasteiger partial charge >= 0.3 is 5.97 Å². The zero-order chi connectivity index (χ0) is 11.0. The Labute approximate surface area is 89.5 Å². The lowest BCUT2D eigenvalue weighted by molar-refractivity contribution is -0.140. The number of hydrogen-bond acceptors (Lipinski definition) is 3. The van der Waals surface area contributed by atoms with E-state index < -0.39 is 17.8 Å². The molecule has 0 saturated heterocycles. The van der Waals surface area contributed by atoms with Crippen LogP contribution in [-0.4, -0.2) is 22.9 Å². The smallest absolute Gasteiger partial charge is 0.336 e. The predicted octanol–water partition coefficient (Wildman–Crippen LogP) is -0.224. The van der Waals surface area contributed by atoms with Gasteiger partial charge in [-0.25, -0.2) is 4.79 Å². The third kappa shape index (κ3) is 1.64. The summed E-state index contributed by atoms with van der Waals surface area (Å²) in [6.45, 7) is 0. The molecule has 5 heteroatoms. The van der Waals surface area contributed by atoms with Crippen molar-refractivity contribution >= 4 is 29.4 Å². The number of para-hydroxylation sites is 1. The van der Waals surface area contributed by atoms with Crippen molar-refractivity contribution in [3.63, 3.8) is 0 Å². The fourth-order valence-corrected chi connectivity index (χ4v) is 1.62. The second-order valence-corrected chi connectivity index (χ2v) is 3.50. The lowest BCUT2D eigenvalue weighted by Gasteiger charge is -2.07. The maximum absolute atomic E-state index is 11.3. The van der Waals surface area contributed by atoms with Crippen molar-refractivity contribution in [3.8, 4) is 0 Å². The van der Waals surface area contributed by atoms with Gasteiger partial charge in [-0.3, -0.25) is 9.79 Å². The molecule has 1 unspecified atom stereocenters. The highest BCUT2D eigenvalue weighted by molar-refractivity contribution is 6.30. The molecule has 1 N–H and O–H groups in total. The fourth-order valence-electron chi connectivity index (χ4n) is 1.39. The van der Waals surface area contributed by atoms with Crippen LogP contribution < -0.4 is 10.6 Å². The normalized spacial score (nSPS) is 18.7. The Bertz CT molecular complexity index is 565. The summed E-state index contributed by atoms with van der Waals surface area (Å²) in [6.07, 6.45) is 1.26. The number of benzene rings is 1. The molecule has 0 bridgehead atoms. The Kier molecular flexibility index (Phi) is 2.28. The molecule has 0 aliphatic carbocycles. The topological polar surface area (TPSA) is 66.7 Å². The monoisotopic (exact) mass is 223 g/mol. The molecule has 0 spiro atoms. The minimum atomic E-state index is -1.36. The Morgan fingerprint density at radius 2 is 2.20 bits per heavy atom. The minimum Gasteiger partial charge on any atom is -0.479 e. The molecule has 15 heavy (non-hydrogen) atoms. The number of Topliss-reactive ketones (excluding diaryl/α,β-unsaturated/α-hetero) is 1. The van der Waals surface area contributed by atoms with E-state index in [0.29, 0.717) is 15.6 Å². The first-order valence-electron chi connectivity index (χ1n) is 4.20. The maximum Gasteiger partial charge on any atom is 0.336 e. The van der Waals surface area contributed by atoms with Crippen LogP contribution >= 0.6 is 11.6 Å². The fraction of sp³-hybridized carbons (Fsp3) is 0.100. The summed E-state index contributed by atoms with van der Waals surface area (Å²) in [5.74, 6) is -1.79. The van der Waals surface area contributed by atoms with Gasteiger partial charge in [0.15, 0.2) is 5.78 Å². The second kappa shape index (κ2) is 3.47. The number of carbonyl (C=O) groups is 2. The summed E-state index contributed by atoms with van der Waals surface area (Å²) >= 11 is 5.84. The van der Waals surface area contributed by atoms with Gasteiger partial charge in [-0.15, -0.1) is 0 Å². The third-order valence-corrected chi connectivity index (χ3v) is 2.38. The van der Waals surface area contributed by atoms with Gasteiger partial charge in [0.05, 0.1) is 10.4 Å². The lowest BCUT2D eigenvalue weighted by Crippen LogP contribution is -2.40. The van der Waals surface area contributed by atoms with E-state index in [0.717, 1.165) is 0 Å². The number of carboxylic acid groups (broad SMARTS) is 1. The number of rotatable bonds is 1. The molecule has 1 heterocycles. The van der Waals surface area contributed by atoms with Crippen molar-refractivity contribution in [1.29, 1.82) is 0 Å². The standard InChI is InChI=1S/C10H6ClNO3/c11-6-3-1-2-5-4-7(13)9(10(14)15)12-8(5)6/h1-4,9H,(H,14,15). The molecule has 0 saturated carbocycles. The molecule has 1 aliphatic rings. The Morgan fingerprint density at radius 3 is 2.87 bits per heavy atom. The molecule has 1 aromatic carbocycles. The van der Waals surface area contributed by atoms with Gasteiger partial charge in [0.25, 0.3) is 0 Å². The average Bonchev–Trinajstić information content (AvgIpc) is 2.16. The average molecular weight is 224 g/mol. The minimum absolute atomic E-state index is 0.350. The quantitative estimate of drug-likeness (QED) is 0.669. The highest BCUT2D eigenvalue weighted by atomic mass is 35.5. The molecule has 0 fully saturated rings. The number of ketones is 1. The van der Waals surface area contributed by atoms with Crippen LogP contribution in [0.5, 0.6) is 0 Å². The van der Waals surface area contributed by atoms with Crippen molar-refractivity contribution < 1.29 is 14.7 Å². The molecular formula is C10H6ClNO3. The summed E-state index contributed by atoms with van der Waals surface area (Å²) in [7, 11) is 0. The molecule has 4 nitrogen and oxygen atoms in total. The number of nitrogens with zero attached hydrogens (tertiary/aromatic N) is 1. The number of halogens is 1. The van der Waals surface area contributed by atoms with Gasteiger partial charge < -0.3 is 5.11 Å². The van der Waals surface area contributed by atoms with Crippen LogP contribution in [0.3, 0.4) is 0 Å². The van der Waals surface area contributed by atoms with Crippen LogP contribution in [-0.2, 0) is 9.59 Å². The summed E-state index contributed by atoms with van der Waals surface area (Å²) in [5.41, 5.74) is 0. The van der Waals surface area contributed by atoms with E-state index in [9.17, 15) is 9.59 Å². The Morgan fingerprint density at radius 1 is 1.47 bits per heavy atom. The summed E-state index contributed by atoms with van der Waals surface area (Å²) in [5, 5.41) is 10.0. The number of fused-ring (bicyclic) bond motifs is 1. The van der Waals surface area contributed by atoms with E-state index in [-0.39, 0.29) is 0 Å². The summed E-state index contributed by atoms with van der Waals surface area (Å²) in [4.78, 5) is 25.9. The molecule has 1 aromatic rings. The van der Waals surface area contributed by atoms with E-state index in [1.807, 2.05) is 0 Å². The maximum atomic E-state index is 11.3. The Balaban J connectivity index is 2.74. The third-order valence-electron chi connectivity index (χ3n) is 2.08. The first-order chi connectivity index (χ1) is 7.09. The number of carboxylic acids is 1. The van der Waals surface area contributed by atoms with Crippen molar-refractivity contribution in [2.75, 3.05) is 0 Å². The van der Waals surface area contributed by atoms with Crippen LogP contribution in [0.2, 0.25) is 5.02 Å². The van der Waals surface area contributed by atoms with E-state index in [1.54, 1.807) is 18.2 Å². The summed E-state index contributed by atoms with van der Waals surface area (Å²) in [6, 6.07) is 3.59. The number of carbonyl (C=O) groups excluding carboxylic acids is 1. The van der Waals surface area contributed by atoms with E-state index in [4.69, 9.17) is 16.7 Å². The highest BCUT2D eigenvalue weighted by Crippen LogP contribution is 2.02. The van der Waals surface area contributed by atoms with Crippen LogP contribution in [0.4, 0.5) is 0 Å². The van der Waals surface area contributed by atoms with Crippen molar-refractivity contribution in [1.82, 2.24) is 0 Å². The molecule has 1 aliphatic heterocycles. The largest absolute Gasteiger partial charge is 0.479 e. The first kappa shape index (κ1) is 9.86. The second-order valence-electron chi connectivity index (χ2n) is 3.09. The van der Waals surface area contributed by atoms with E-state index >= 15 is 0 Å². The van der Waals surface area contributed by atoms with Crippen LogP contribution in [0.25, 0.3) is 6.08 Å². The van der Waals surface area contributed by atoms with E-state index in [1.165, 1.54) is 6.08 Å². The zero-order valence-electron chi connectivity index (χ0n) is 7.48. The zero-order valence-corrected chi connectivity index (χ0v) is 8.23. The van der Waals surface area contributed by atoms with Gasteiger partial charge in [-0.1, -0.05) is 23.7 Å². The van der Waals surface area contributed by atoms with Gasteiger partial charge in [0.1, 0.15) is 0 Å². The van der Waals surface area contributed by atoms with Gasteiger partial charge in [-0.2, -0.15) is 0 Å². The molecule has 0 radical (unpaired) electrons. The molecular weight excluding hydrogens is 218 g/mol. The van der Waals surface area contributed by atoms with Gasteiger partial charge in [0.2, 0.25) is 6.04 Å². The molecule has 76 valence electrons. The number of aliphatic carboxylic acids is 1. The van der Waals surface area contributed by atoms with Crippen molar-refractivity contribution in [2.24, 2.45) is 4.99 Å². The highest BCUT2D eigenvalue weighted by Gasteiger charge is 2.25. The molecule has 0 aromatic heterocycles. The van der Waals surface area contributed by atoms with Crippen LogP contribution in [0.15, 0.2) is 23.2 Å². The lowest BCUT2D eigenvalue weighted by atomic mass is 10.1. The first-order valence-corrected chi connectivity index (χ1v) is 4.58.